The first-order chi connectivity index (χ1) is 6.97. The summed E-state index contributed by atoms with van der Waals surface area (Å²) in [4.78, 5) is 13.3. The Hall–Kier alpha value is -0.730. The van der Waals surface area contributed by atoms with Gasteiger partial charge in [0.1, 0.15) is 6.10 Å². The molecule has 1 heterocycles. The normalized spacial score (nSPS) is 46.6. The number of rotatable bonds is 0. The number of carbonyl (C=O) groups excluding carboxylic acids is 1. The molecule has 3 unspecified atom stereocenters. The van der Waals surface area contributed by atoms with Crippen LogP contribution in [0.5, 0.6) is 0 Å². The van der Waals surface area contributed by atoms with Crippen LogP contribution in [-0.4, -0.2) is 30.7 Å². The number of hydrogen-bond acceptors (Lipinski definition) is 2. The van der Waals surface area contributed by atoms with E-state index in [1.807, 2.05) is 7.05 Å². The Labute approximate surface area is 90.8 Å². The number of ether oxygens (including phenoxy) is 1. The van der Waals surface area contributed by atoms with Crippen molar-refractivity contribution in [3.63, 3.8) is 0 Å². The maximum Gasteiger partial charge on any atom is 0.409 e. The summed E-state index contributed by atoms with van der Waals surface area (Å²) in [5.74, 6) is 0.752. The molecule has 3 nitrogen and oxygen atoms in total. The zero-order chi connectivity index (χ0) is 10.8. The van der Waals surface area contributed by atoms with Crippen molar-refractivity contribution in [2.45, 2.75) is 39.2 Å². The number of nitrogens with zero attached hydrogens (tertiary/aromatic N) is 1. The zero-order valence-corrected chi connectivity index (χ0v) is 9.75. The van der Waals surface area contributed by atoms with Crippen molar-refractivity contribution in [3.05, 3.63) is 0 Å². The van der Waals surface area contributed by atoms with Crippen LogP contribution in [0.15, 0.2) is 0 Å². The molecule has 3 aliphatic rings. The third-order valence-electron chi connectivity index (χ3n) is 5.43. The first kappa shape index (κ1) is 9.49. The number of hydrogen-bond donors (Lipinski definition) is 0. The smallest absolute Gasteiger partial charge is 0.409 e. The Bertz CT molecular complexity index is 326. The predicted molar refractivity (Wildman–Crippen MR) is 56.5 cm³/mol. The summed E-state index contributed by atoms with van der Waals surface area (Å²) in [6.45, 7) is 5.61. The highest BCUT2D eigenvalue weighted by molar-refractivity contribution is 5.69. The molecule has 3 fully saturated rings. The highest BCUT2D eigenvalue weighted by atomic mass is 16.6. The van der Waals surface area contributed by atoms with Crippen LogP contribution < -0.4 is 0 Å². The van der Waals surface area contributed by atoms with Crippen LogP contribution in [0.25, 0.3) is 0 Å². The van der Waals surface area contributed by atoms with E-state index in [4.69, 9.17) is 4.74 Å². The molecule has 15 heavy (non-hydrogen) atoms. The molecular formula is C12H19NO2. The van der Waals surface area contributed by atoms with Crippen LogP contribution in [0.1, 0.15) is 33.1 Å². The highest BCUT2D eigenvalue weighted by Gasteiger charge is 2.67. The molecule has 84 valence electrons. The van der Waals surface area contributed by atoms with E-state index in [1.165, 1.54) is 12.8 Å². The molecule has 2 saturated carbocycles. The minimum atomic E-state index is -0.131. The molecule has 2 aliphatic carbocycles. The molecule has 0 N–H and O–H groups in total. The first-order valence-corrected chi connectivity index (χ1v) is 5.89. The summed E-state index contributed by atoms with van der Waals surface area (Å²) in [6, 6.07) is 0. The van der Waals surface area contributed by atoms with Gasteiger partial charge in [-0.3, -0.25) is 0 Å². The van der Waals surface area contributed by atoms with Crippen molar-refractivity contribution in [2.24, 2.45) is 16.7 Å². The van der Waals surface area contributed by atoms with Crippen LogP contribution in [0.4, 0.5) is 4.79 Å². The molecule has 2 bridgehead atoms. The van der Waals surface area contributed by atoms with Gasteiger partial charge >= 0.3 is 6.09 Å². The Morgan fingerprint density at radius 2 is 2.20 bits per heavy atom. The molecule has 0 aromatic rings. The minimum absolute atomic E-state index is 0.131. The van der Waals surface area contributed by atoms with E-state index in [0.717, 1.165) is 18.9 Å². The average molecular weight is 209 g/mol. The van der Waals surface area contributed by atoms with E-state index in [1.54, 1.807) is 4.90 Å². The van der Waals surface area contributed by atoms with Gasteiger partial charge in [-0.25, -0.2) is 4.79 Å². The second-order valence-electron chi connectivity index (χ2n) is 6.08. The second kappa shape index (κ2) is 2.50. The van der Waals surface area contributed by atoms with Gasteiger partial charge < -0.3 is 9.64 Å². The molecule has 1 saturated heterocycles. The largest absolute Gasteiger partial charge is 0.445 e. The van der Waals surface area contributed by atoms with Crippen molar-refractivity contribution in [1.29, 1.82) is 0 Å². The lowest BCUT2D eigenvalue weighted by atomic mass is 9.67. The van der Waals surface area contributed by atoms with Gasteiger partial charge in [0.2, 0.25) is 0 Å². The Balaban J connectivity index is 2.01. The molecule has 0 aromatic carbocycles. The summed E-state index contributed by atoms with van der Waals surface area (Å²) < 4.78 is 5.57. The molecule has 3 atom stereocenters. The van der Waals surface area contributed by atoms with E-state index >= 15 is 0 Å². The van der Waals surface area contributed by atoms with E-state index in [0.29, 0.717) is 5.41 Å². The lowest BCUT2D eigenvalue weighted by Gasteiger charge is -2.47. The van der Waals surface area contributed by atoms with E-state index in [-0.39, 0.29) is 17.6 Å². The zero-order valence-electron chi connectivity index (χ0n) is 9.75. The molecular weight excluding hydrogens is 190 g/mol. The van der Waals surface area contributed by atoms with E-state index in [9.17, 15) is 4.79 Å². The van der Waals surface area contributed by atoms with Crippen LogP contribution in [-0.2, 0) is 4.74 Å². The van der Waals surface area contributed by atoms with Gasteiger partial charge in [-0.2, -0.15) is 0 Å². The summed E-state index contributed by atoms with van der Waals surface area (Å²) in [5, 5.41) is 0. The van der Waals surface area contributed by atoms with Gasteiger partial charge in [-0.1, -0.05) is 13.8 Å². The van der Waals surface area contributed by atoms with Gasteiger partial charge in [0.25, 0.3) is 0 Å². The highest BCUT2D eigenvalue weighted by Crippen LogP contribution is 2.67. The number of amides is 1. The van der Waals surface area contributed by atoms with Crippen LogP contribution in [0.2, 0.25) is 0 Å². The molecule has 3 rings (SSSR count). The Morgan fingerprint density at radius 3 is 2.87 bits per heavy atom. The quantitative estimate of drug-likeness (QED) is 0.612. The molecule has 1 aliphatic heterocycles. The average Bonchev–Trinajstić information content (AvgIpc) is 2.50. The lowest BCUT2D eigenvalue weighted by molar-refractivity contribution is -0.0771. The van der Waals surface area contributed by atoms with Crippen molar-refractivity contribution in [3.8, 4) is 0 Å². The molecule has 1 spiro atoms. The summed E-state index contributed by atoms with van der Waals surface area (Å²) in [6.07, 6.45) is 3.69. The van der Waals surface area contributed by atoms with Crippen molar-refractivity contribution in [2.75, 3.05) is 13.6 Å². The molecule has 3 heteroatoms. The predicted octanol–water partition coefficient (Wildman–Crippen LogP) is 2.26. The van der Waals surface area contributed by atoms with Crippen LogP contribution in [0.3, 0.4) is 0 Å². The fourth-order valence-corrected chi connectivity index (χ4v) is 4.24. The summed E-state index contributed by atoms with van der Waals surface area (Å²) in [7, 11) is 1.86. The number of carbonyl (C=O) groups is 1. The Kier molecular flexibility index (Phi) is 1.58. The van der Waals surface area contributed by atoms with E-state index in [2.05, 4.69) is 13.8 Å². The van der Waals surface area contributed by atoms with Gasteiger partial charge in [0, 0.05) is 19.0 Å². The third kappa shape index (κ3) is 0.900. The molecule has 0 radical (unpaired) electrons. The topological polar surface area (TPSA) is 29.5 Å². The van der Waals surface area contributed by atoms with Gasteiger partial charge in [-0.15, -0.1) is 0 Å². The number of fused-ring (bicyclic) bond motifs is 1. The van der Waals surface area contributed by atoms with Gasteiger partial charge in [0.05, 0.1) is 0 Å². The van der Waals surface area contributed by atoms with Gasteiger partial charge in [0.15, 0.2) is 0 Å². The molecule has 1 amide bonds. The lowest BCUT2D eigenvalue weighted by Crippen LogP contribution is -2.55. The van der Waals surface area contributed by atoms with Crippen LogP contribution in [0, 0.1) is 16.7 Å². The van der Waals surface area contributed by atoms with Crippen molar-refractivity contribution >= 4 is 6.09 Å². The fourth-order valence-electron chi connectivity index (χ4n) is 4.24. The fraction of sp³-hybridized carbons (Fsp3) is 0.917. The first-order valence-electron chi connectivity index (χ1n) is 5.89. The maximum atomic E-state index is 11.5. The van der Waals surface area contributed by atoms with Crippen molar-refractivity contribution < 1.29 is 9.53 Å². The summed E-state index contributed by atoms with van der Waals surface area (Å²) in [5.41, 5.74) is 0.576. The van der Waals surface area contributed by atoms with Crippen molar-refractivity contribution in [1.82, 2.24) is 4.90 Å². The minimum Gasteiger partial charge on any atom is -0.445 e. The third-order valence-corrected chi connectivity index (χ3v) is 5.43. The maximum absolute atomic E-state index is 11.5. The van der Waals surface area contributed by atoms with Crippen LogP contribution >= 0.6 is 0 Å². The molecule has 0 aromatic heterocycles. The SMILES string of the molecule is CN1CC23CCC(CC2OC1=O)C3(C)C. The standard InChI is InChI=1S/C12H19NO2/c1-11(2)8-4-5-12(11)7-13(3)10(14)15-9(12)6-8/h8-9H,4-7H2,1-3H3. The second-order valence-corrected chi connectivity index (χ2v) is 6.08. The summed E-state index contributed by atoms with van der Waals surface area (Å²) >= 11 is 0. The van der Waals surface area contributed by atoms with E-state index < -0.39 is 0 Å². The monoisotopic (exact) mass is 209 g/mol. The Morgan fingerprint density at radius 1 is 1.47 bits per heavy atom. The van der Waals surface area contributed by atoms with Gasteiger partial charge in [-0.05, 0) is 30.6 Å².